The number of likely N-dealkylation sites (N-methyl/N-ethyl adjacent to an activating group) is 1. The Labute approximate surface area is 206 Å². The number of ether oxygens (including phenoxy) is 1. The van der Waals surface area contributed by atoms with Crippen molar-refractivity contribution in [3.05, 3.63) is 81.2 Å². The number of anilines is 2. The van der Waals surface area contributed by atoms with Crippen LogP contribution >= 0.6 is 15.9 Å². The van der Waals surface area contributed by atoms with E-state index in [-0.39, 0.29) is 29.7 Å². The summed E-state index contributed by atoms with van der Waals surface area (Å²) in [4.78, 5) is 44.6. The number of esters is 1. The van der Waals surface area contributed by atoms with Crippen LogP contribution in [0, 0.1) is 0 Å². The average Bonchev–Trinajstić information content (AvgIpc) is 3.02. The number of ketones is 1. The Morgan fingerprint density at radius 3 is 2.65 bits per heavy atom. The molecule has 7 nitrogen and oxygen atoms in total. The van der Waals surface area contributed by atoms with E-state index in [9.17, 15) is 14.4 Å². The molecule has 5 rings (SSSR count). The topological polar surface area (TPSA) is 92.9 Å². The summed E-state index contributed by atoms with van der Waals surface area (Å²) >= 11 is 3.50. The van der Waals surface area contributed by atoms with Gasteiger partial charge >= 0.3 is 5.97 Å². The molecule has 2 heterocycles. The molecule has 0 saturated heterocycles. The van der Waals surface area contributed by atoms with Crippen LogP contribution in [0.2, 0.25) is 0 Å². The van der Waals surface area contributed by atoms with Crippen molar-refractivity contribution in [1.29, 1.82) is 0 Å². The lowest BCUT2D eigenvalue weighted by Gasteiger charge is -2.44. The van der Waals surface area contributed by atoms with Crippen molar-refractivity contribution in [2.45, 2.75) is 31.6 Å². The molecule has 2 N–H and O–H groups in total. The minimum Gasteiger partial charge on any atom is -0.462 e. The first-order valence-electron chi connectivity index (χ1n) is 11.2. The van der Waals surface area contributed by atoms with E-state index in [1.807, 2.05) is 36.4 Å². The predicted molar refractivity (Wildman–Crippen MR) is 132 cm³/mol. The van der Waals surface area contributed by atoms with E-state index in [0.29, 0.717) is 47.5 Å². The number of amides is 1. The maximum atomic E-state index is 14.1. The normalized spacial score (nSPS) is 21.9. The summed E-state index contributed by atoms with van der Waals surface area (Å²) in [5.41, 5.74) is 8.01. The van der Waals surface area contributed by atoms with Crippen LogP contribution in [-0.2, 0) is 24.5 Å². The summed E-state index contributed by atoms with van der Waals surface area (Å²) < 4.78 is 6.26. The molecule has 2 aliphatic heterocycles. The molecule has 1 amide bonds. The van der Waals surface area contributed by atoms with Crippen LogP contribution in [-0.4, -0.2) is 31.3 Å². The number of Topliss-reactive ketones (excluding diaryl/α,β-unsaturated/α-hetero) is 1. The summed E-state index contributed by atoms with van der Waals surface area (Å²) in [5.74, 6) is -1.14. The summed E-state index contributed by atoms with van der Waals surface area (Å²) in [7, 11) is 1.66. The molecule has 8 heteroatoms. The van der Waals surface area contributed by atoms with E-state index in [2.05, 4.69) is 15.9 Å². The molecular weight excluding hydrogens is 498 g/mol. The molecule has 3 aliphatic rings. The highest BCUT2D eigenvalue weighted by atomic mass is 79.9. The van der Waals surface area contributed by atoms with Gasteiger partial charge in [-0.2, -0.15) is 0 Å². The molecule has 0 radical (unpaired) electrons. The van der Waals surface area contributed by atoms with Crippen LogP contribution in [0.5, 0.6) is 0 Å². The van der Waals surface area contributed by atoms with Crippen LogP contribution in [0.25, 0.3) is 0 Å². The van der Waals surface area contributed by atoms with Crippen molar-refractivity contribution in [1.82, 2.24) is 0 Å². The third kappa shape index (κ3) is 2.91. The van der Waals surface area contributed by atoms with Gasteiger partial charge in [0.05, 0.1) is 6.61 Å². The fraction of sp³-hybridized carbons (Fsp3) is 0.269. The number of halogens is 1. The Hall–Kier alpha value is -3.39. The van der Waals surface area contributed by atoms with Gasteiger partial charge in [-0.1, -0.05) is 40.2 Å². The van der Waals surface area contributed by atoms with Gasteiger partial charge in [0.1, 0.15) is 16.8 Å². The predicted octanol–water partition coefficient (Wildman–Crippen LogP) is 3.92. The van der Waals surface area contributed by atoms with E-state index in [4.69, 9.17) is 10.5 Å². The highest BCUT2D eigenvalue weighted by Crippen LogP contribution is 2.56. The number of nitrogens with two attached hydrogens (primary N) is 1. The highest BCUT2D eigenvalue weighted by Gasteiger charge is 2.63. The van der Waals surface area contributed by atoms with Gasteiger partial charge in [0.25, 0.3) is 0 Å². The molecule has 174 valence electrons. The lowest BCUT2D eigenvalue weighted by Crippen LogP contribution is -2.54. The van der Waals surface area contributed by atoms with Crippen molar-refractivity contribution in [2.24, 2.45) is 5.73 Å². The maximum Gasteiger partial charge on any atom is 0.339 e. The SMILES string of the molecule is CCOC(=O)C1=C(N)N(c2cccc(Br)c2)C2=C(C(=O)CCC2)C12C(=O)N(C)c1ccccc12. The van der Waals surface area contributed by atoms with E-state index in [0.717, 1.165) is 4.47 Å². The third-order valence-corrected chi connectivity index (χ3v) is 7.24. The standard InChI is InChI=1S/C26H24BrN3O4/c1-3-34-24(32)22-23(28)30(16-9-6-8-15(27)14-16)19-12-7-13-20(31)21(19)26(22)17-10-4-5-11-18(17)29(2)25(26)33/h4-6,8-11,14H,3,7,12-13,28H2,1-2H3. The van der Waals surface area contributed by atoms with Gasteiger partial charge in [0, 0.05) is 46.1 Å². The Morgan fingerprint density at radius 1 is 1.15 bits per heavy atom. The van der Waals surface area contributed by atoms with E-state index in [1.54, 1.807) is 31.0 Å². The van der Waals surface area contributed by atoms with Crippen molar-refractivity contribution < 1.29 is 19.1 Å². The van der Waals surface area contributed by atoms with Gasteiger partial charge in [-0.15, -0.1) is 0 Å². The number of benzene rings is 2. The second kappa shape index (κ2) is 8.13. The molecule has 1 atom stereocenters. The first kappa shape index (κ1) is 22.4. The quantitative estimate of drug-likeness (QED) is 0.615. The van der Waals surface area contributed by atoms with Crippen molar-refractivity contribution in [3.63, 3.8) is 0 Å². The van der Waals surface area contributed by atoms with E-state index in [1.165, 1.54) is 4.90 Å². The lowest BCUT2D eigenvalue weighted by molar-refractivity contribution is -0.140. The monoisotopic (exact) mass is 521 g/mol. The van der Waals surface area contributed by atoms with Crippen LogP contribution in [0.4, 0.5) is 11.4 Å². The smallest absolute Gasteiger partial charge is 0.339 e. The minimum atomic E-state index is -1.64. The van der Waals surface area contributed by atoms with Gasteiger partial charge in [-0.05, 0) is 44.0 Å². The zero-order valence-corrected chi connectivity index (χ0v) is 20.5. The molecule has 0 bridgehead atoms. The molecule has 0 fully saturated rings. The Morgan fingerprint density at radius 2 is 1.91 bits per heavy atom. The second-order valence-electron chi connectivity index (χ2n) is 8.53. The maximum absolute atomic E-state index is 14.1. The highest BCUT2D eigenvalue weighted by molar-refractivity contribution is 9.10. The van der Waals surface area contributed by atoms with Gasteiger partial charge in [-0.3, -0.25) is 14.5 Å². The second-order valence-corrected chi connectivity index (χ2v) is 9.44. The largest absolute Gasteiger partial charge is 0.462 e. The van der Waals surface area contributed by atoms with E-state index < -0.39 is 11.4 Å². The number of nitrogens with zero attached hydrogens (tertiary/aromatic N) is 2. The number of para-hydroxylation sites is 1. The summed E-state index contributed by atoms with van der Waals surface area (Å²) in [5, 5.41) is 0. The lowest BCUT2D eigenvalue weighted by atomic mass is 9.63. The van der Waals surface area contributed by atoms with Crippen LogP contribution in [0.3, 0.4) is 0 Å². The molecule has 2 aromatic rings. The number of carbonyl (C=O) groups is 3. The average molecular weight is 522 g/mol. The molecule has 1 spiro atoms. The molecule has 1 aliphatic carbocycles. The number of rotatable bonds is 3. The summed E-state index contributed by atoms with van der Waals surface area (Å²) in [6.07, 6.45) is 1.47. The van der Waals surface area contributed by atoms with Crippen molar-refractivity contribution >= 4 is 45.0 Å². The van der Waals surface area contributed by atoms with Crippen LogP contribution in [0.1, 0.15) is 31.7 Å². The molecule has 1 unspecified atom stereocenters. The summed E-state index contributed by atoms with van der Waals surface area (Å²) in [6, 6.07) is 14.7. The molecule has 34 heavy (non-hydrogen) atoms. The van der Waals surface area contributed by atoms with Gasteiger partial charge in [-0.25, -0.2) is 4.79 Å². The minimum absolute atomic E-state index is 0.00914. The van der Waals surface area contributed by atoms with Gasteiger partial charge in [0.15, 0.2) is 5.78 Å². The fourth-order valence-corrected chi connectivity index (χ4v) is 5.85. The van der Waals surface area contributed by atoms with Crippen LogP contribution in [0.15, 0.2) is 75.7 Å². The number of allylic oxidation sites excluding steroid dienone is 1. The number of hydrogen-bond donors (Lipinski definition) is 1. The number of hydrogen-bond acceptors (Lipinski definition) is 6. The molecule has 0 saturated carbocycles. The molecular formula is C26H24BrN3O4. The number of carbonyl (C=O) groups excluding carboxylic acids is 3. The van der Waals surface area contributed by atoms with Gasteiger partial charge in [0.2, 0.25) is 5.91 Å². The fourth-order valence-electron chi connectivity index (χ4n) is 5.46. The third-order valence-electron chi connectivity index (χ3n) is 6.74. The summed E-state index contributed by atoms with van der Waals surface area (Å²) in [6.45, 7) is 1.80. The zero-order chi connectivity index (χ0) is 24.2. The first-order valence-corrected chi connectivity index (χ1v) is 12.0. The van der Waals surface area contributed by atoms with Crippen molar-refractivity contribution in [3.8, 4) is 0 Å². The number of fused-ring (bicyclic) bond motifs is 3. The zero-order valence-electron chi connectivity index (χ0n) is 18.9. The Bertz CT molecular complexity index is 1310. The Balaban J connectivity index is 1.92. The van der Waals surface area contributed by atoms with Crippen molar-refractivity contribution in [2.75, 3.05) is 23.5 Å². The Kier molecular flexibility index (Phi) is 5.36. The van der Waals surface area contributed by atoms with E-state index >= 15 is 0 Å². The van der Waals surface area contributed by atoms with Crippen LogP contribution < -0.4 is 15.5 Å². The van der Waals surface area contributed by atoms with Gasteiger partial charge < -0.3 is 15.4 Å². The molecule has 2 aromatic carbocycles. The molecule has 0 aromatic heterocycles. The first-order chi connectivity index (χ1) is 16.3.